The van der Waals surface area contributed by atoms with Crippen LogP contribution in [0, 0.1) is 5.92 Å². The Labute approximate surface area is 169 Å². The fraction of sp³-hybridized carbons (Fsp3) is 0.211. The number of aryl methyl sites for hydroxylation is 1. The molecule has 4 rings (SSSR count). The van der Waals surface area contributed by atoms with E-state index in [1.165, 1.54) is 0 Å². The third kappa shape index (κ3) is 3.33. The zero-order chi connectivity index (χ0) is 19.1. The lowest BCUT2D eigenvalue weighted by Gasteiger charge is -2.18. The number of rotatable bonds is 3. The molecule has 2 amide bonds. The summed E-state index contributed by atoms with van der Waals surface area (Å²) in [4.78, 5) is 31.2. The molecule has 2 aromatic carbocycles. The van der Waals surface area contributed by atoms with E-state index in [1.807, 2.05) is 37.4 Å². The van der Waals surface area contributed by atoms with E-state index in [9.17, 15) is 9.59 Å². The Morgan fingerprint density at radius 2 is 2.07 bits per heavy atom. The first-order chi connectivity index (χ1) is 12.9. The minimum Gasteiger partial charge on any atom is -0.313 e. The fourth-order valence-electron chi connectivity index (χ4n) is 3.28. The number of imidazole rings is 1. The molecule has 0 spiro atoms. The lowest BCUT2D eigenvalue weighted by atomic mass is 10.1. The van der Waals surface area contributed by atoms with Crippen LogP contribution < -0.4 is 10.2 Å². The molecule has 6 nitrogen and oxygen atoms in total. The maximum absolute atomic E-state index is 12.7. The number of carbonyl (C=O) groups is 2. The highest BCUT2D eigenvalue weighted by Gasteiger charge is 2.36. The molecule has 3 aromatic rings. The highest BCUT2D eigenvalue weighted by Crippen LogP contribution is 2.32. The van der Waals surface area contributed by atoms with E-state index in [1.54, 1.807) is 21.6 Å². The maximum Gasteiger partial charge on any atom is 0.232 e. The Kier molecular flexibility index (Phi) is 4.65. The smallest absolute Gasteiger partial charge is 0.232 e. The van der Waals surface area contributed by atoms with Crippen LogP contribution >= 0.6 is 27.5 Å². The van der Waals surface area contributed by atoms with Gasteiger partial charge in [-0.1, -0.05) is 23.7 Å². The van der Waals surface area contributed by atoms with E-state index in [0.717, 1.165) is 15.7 Å². The molecule has 0 radical (unpaired) electrons. The number of benzene rings is 2. The zero-order valence-corrected chi connectivity index (χ0v) is 16.8. The van der Waals surface area contributed by atoms with Gasteiger partial charge in [0.1, 0.15) is 0 Å². The molecular formula is C19H16BrClN4O2. The van der Waals surface area contributed by atoms with Crippen molar-refractivity contribution in [1.82, 2.24) is 9.55 Å². The highest BCUT2D eigenvalue weighted by atomic mass is 79.9. The number of amides is 2. The Hall–Kier alpha value is -2.38. The molecule has 1 unspecified atom stereocenters. The number of para-hydroxylation sites is 1. The number of nitrogens with one attached hydrogen (secondary N) is 1. The van der Waals surface area contributed by atoms with Crippen LogP contribution in [-0.2, 0) is 16.6 Å². The number of anilines is 2. The molecule has 1 aliphatic rings. The monoisotopic (exact) mass is 446 g/mol. The molecular weight excluding hydrogens is 432 g/mol. The van der Waals surface area contributed by atoms with Gasteiger partial charge in [-0.3, -0.25) is 14.9 Å². The van der Waals surface area contributed by atoms with E-state index < -0.39 is 5.92 Å². The maximum atomic E-state index is 12.7. The molecule has 1 fully saturated rings. The van der Waals surface area contributed by atoms with Gasteiger partial charge in [-0.2, -0.15) is 0 Å². The van der Waals surface area contributed by atoms with Crippen LogP contribution in [0.3, 0.4) is 0 Å². The van der Waals surface area contributed by atoms with Crippen molar-refractivity contribution in [1.29, 1.82) is 0 Å². The first-order valence-electron chi connectivity index (χ1n) is 8.42. The summed E-state index contributed by atoms with van der Waals surface area (Å²) < 4.78 is 2.62. The van der Waals surface area contributed by atoms with Crippen LogP contribution in [0.5, 0.6) is 0 Å². The summed E-state index contributed by atoms with van der Waals surface area (Å²) in [6.07, 6.45) is 0.170. The second kappa shape index (κ2) is 6.98. The number of fused-ring (bicyclic) bond motifs is 1. The van der Waals surface area contributed by atoms with Crippen molar-refractivity contribution < 1.29 is 9.59 Å². The fourth-order valence-corrected chi connectivity index (χ4v) is 3.95. The first kappa shape index (κ1) is 18.0. The third-order valence-corrected chi connectivity index (χ3v) is 5.62. The lowest BCUT2D eigenvalue weighted by molar-refractivity contribution is -0.122. The molecule has 138 valence electrons. The van der Waals surface area contributed by atoms with Gasteiger partial charge in [0.05, 0.1) is 22.6 Å². The van der Waals surface area contributed by atoms with E-state index >= 15 is 0 Å². The minimum absolute atomic E-state index is 0.0705. The lowest BCUT2D eigenvalue weighted by Crippen LogP contribution is -2.28. The van der Waals surface area contributed by atoms with Crippen molar-refractivity contribution in [3.05, 3.63) is 52.0 Å². The summed E-state index contributed by atoms with van der Waals surface area (Å²) in [5, 5.41) is 3.43. The molecule has 1 aliphatic heterocycles. The van der Waals surface area contributed by atoms with Gasteiger partial charge in [-0.05, 0) is 46.3 Å². The predicted octanol–water partition coefficient (Wildman–Crippen LogP) is 3.98. The zero-order valence-electron chi connectivity index (χ0n) is 14.4. The number of nitrogens with zero attached hydrogens (tertiary/aromatic N) is 3. The van der Waals surface area contributed by atoms with Crippen LogP contribution in [0.1, 0.15) is 6.42 Å². The van der Waals surface area contributed by atoms with Gasteiger partial charge >= 0.3 is 0 Å². The van der Waals surface area contributed by atoms with E-state index in [-0.39, 0.29) is 18.2 Å². The van der Waals surface area contributed by atoms with Crippen molar-refractivity contribution in [3.8, 4) is 0 Å². The van der Waals surface area contributed by atoms with Gasteiger partial charge in [-0.15, -0.1) is 0 Å². The van der Waals surface area contributed by atoms with Gasteiger partial charge in [0, 0.05) is 29.5 Å². The molecule has 8 heteroatoms. The van der Waals surface area contributed by atoms with Crippen LogP contribution in [0.15, 0.2) is 46.9 Å². The number of hydrogen-bond acceptors (Lipinski definition) is 3. The van der Waals surface area contributed by atoms with Gasteiger partial charge in [0.25, 0.3) is 0 Å². The van der Waals surface area contributed by atoms with Crippen molar-refractivity contribution in [2.75, 3.05) is 16.8 Å². The summed E-state index contributed by atoms with van der Waals surface area (Å²) in [6, 6.07) is 12.9. The molecule has 1 saturated heterocycles. The number of halogens is 2. The Morgan fingerprint density at radius 1 is 1.30 bits per heavy atom. The van der Waals surface area contributed by atoms with Crippen molar-refractivity contribution in [3.63, 3.8) is 0 Å². The van der Waals surface area contributed by atoms with Gasteiger partial charge < -0.3 is 9.47 Å². The van der Waals surface area contributed by atoms with Crippen molar-refractivity contribution in [2.45, 2.75) is 6.42 Å². The average molecular weight is 448 g/mol. The predicted molar refractivity (Wildman–Crippen MR) is 109 cm³/mol. The quantitative estimate of drug-likeness (QED) is 0.660. The number of aromatic nitrogens is 2. The summed E-state index contributed by atoms with van der Waals surface area (Å²) in [7, 11) is 1.83. The minimum atomic E-state index is -0.437. The summed E-state index contributed by atoms with van der Waals surface area (Å²) >= 11 is 9.47. The van der Waals surface area contributed by atoms with E-state index in [0.29, 0.717) is 23.0 Å². The molecule has 0 saturated carbocycles. The Morgan fingerprint density at radius 3 is 2.85 bits per heavy atom. The van der Waals surface area contributed by atoms with Crippen molar-refractivity contribution in [2.24, 2.45) is 13.0 Å². The topological polar surface area (TPSA) is 67.2 Å². The van der Waals surface area contributed by atoms with Crippen LogP contribution in [0.4, 0.5) is 11.6 Å². The third-order valence-electron chi connectivity index (χ3n) is 4.72. The highest BCUT2D eigenvalue weighted by molar-refractivity contribution is 9.10. The second-order valence-corrected chi connectivity index (χ2v) is 7.76. The average Bonchev–Trinajstić information content (AvgIpc) is 3.16. The molecule has 2 heterocycles. The van der Waals surface area contributed by atoms with Crippen LogP contribution in [0.25, 0.3) is 11.0 Å². The molecule has 1 N–H and O–H groups in total. The normalized spacial score (nSPS) is 16.9. The van der Waals surface area contributed by atoms with E-state index in [2.05, 4.69) is 26.2 Å². The Balaban J connectivity index is 1.53. The largest absolute Gasteiger partial charge is 0.313 e. The van der Waals surface area contributed by atoms with Crippen LogP contribution in [-0.4, -0.2) is 27.9 Å². The summed E-state index contributed by atoms with van der Waals surface area (Å²) in [6.45, 7) is 0.336. The molecule has 1 aromatic heterocycles. The van der Waals surface area contributed by atoms with Gasteiger partial charge in [0.15, 0.2) is 0 Å². The standard InChI is InChI=1S/C19H16BrClN4O2/c1-24-16-7-6-12(21)9-14(16)22-19(24)23-18(27)11-8-17(26)25(10-11)15-5-3-2-4-13(15)20/h2-7,9,11H,8,10H2,1H3,(H,22,23,27). The summed E-state index contributed by atoms with van der Waals surface area (Å²) in [5.74, 6) is -0.293. The molecule has 0 bridgehead atoms. The SMILES string of the molecule is Cn1c(NC(=O)C2CC(=O)N(c3ccccc3Br)C2)nc2cc(Cl)ccc21. The summed E-state index contributed by atoms with van der Waals surface area (Å²) in [5.41, 5.74) is 2.35. The van der Waals surface area contributed by atoms with E-state index in [4.69, 9.17) is 11.6 Å². The number of hydrogen-bond donors (Lipinski definition) is 1. The molecule has 27 heavy (non-hydrogen) atoms. The molecule has 1 atom stereocenters. The first-order valence-corrected chi connectivity index (χ1v) is 9.59. The van der Waals surface area contributed by atoms with Crippen LogP contribution in [0.2, 0.25) is 5.02 Å². The second-order valence-electron chi connectivity index (χ2n) is 6.47. The van der Waals surface area contributed by atoms with Gasteiger partial charge in [0.2, 0.25) is 17.8 Å². The van der Waals surface area contributed by atoms with Crippen molar-refractivity contribution >= 4 is 62.0 Å². The van der Waals surface area contributed by atoms with Gasteiger partial charge in [-0.25, -0.2) is 4.98 Å². The molecule has 0 aliphatic carbocycles. The number of carbonyl (C=O) groups excluding carboxylic acids is 2. The Bertz CT molecular complexity index is 1070.